The van der Waals surface area contributed by atoms with E-state index in [2.05, 4.69) is 37.0 Å². The summed E-state index contributed by atoms with van der Waals surface area (Å²) in [5.74, 6) is 0.796. The predicted molar refractivity (Wildman–Crippen MR) is 71.0 cm³/mol. The quantitative estimate of drug-likeness (QED) is 0.890. The molecule has 0 saturated carbocycles. The fourth-order valence-corrected chi connectivity index (χ4v) is 2.20. The van der Waals surface area contributed by atoms with Gasteiger partial charge in [-0.15, -0.1) is 0 Å². The van der Waals surface area contributed by atoms with Gasteiger partial charge in [-0.2, -0.15) is 0 Å². The molecule has 1 aromatic heterocycles. The molecule has 0 amide bonds. The van der Waals surface area contributed by atoms with E-state index in [4.69, 9.17) is 17.3 Å². The molecule has 0 atom stereocenters. The fraction of sp³-hybridized carbons (Fsp3) is 0.308. The van der Waals surface area contributed by atoms with Gasteiger partial charge in [0.1, 0.15) is 16.7 Å². The van der Waals surface area contributed by atoms with Crippen molar-refractivity contribution >= 4 is 11.6 Å². The maximum absolute atomic E-state index is 6.28. The summed E-state index contributed by atoms with van der Waals surface area (Å²) in [6.07, 6.45) is 0. The van der Waals surface area contributed by atoms with E-state index in [-0.39, 0.29) is 0 Å². The summed E-state index contributed by atoms with van der Waals surface area (Å²) in [5, 5.41) is 0.636. The molecule has 17 heavy (non-hydrogen) atoms. The number of halogens is 1. The zero-order valence-electron chi connectivity index (χ0n) is 10.3. The summed E-state index contributed by atoms with van der Waals surface area (Å²) in [6, 6.07) is 6.25. The molecule has 0 radical (unpaired) electrons. The Labute approximate surface area is 106 Å². The number of aromatic nitrogens is 2. The van der Waals surface area contributed by atoms with E-state index in [0.29, 0.717) is 11.7 Å². The van der Waals surface area contributed by atoms with Gasteiger partial charge >= 0.3 is 0 Å². The molecule has 0 saturated heterocycles. The standard InChI is InChI=1S/C13H16ClN3/c1-8-4-5-10(9(2)6-8)12-13(14)17(3)11(7-15)16-12/h4-6H,7,15H2,1-3H3. The van der Waals surface area contributed by atoms with Crippen molar-refractivity contribution in [3.63, 3.8) is 0 Å². The molecule has 0 aliphatic carbocycles. The molecule has 1 aromatic carbocycles. The van der Waals surface area contributed by atoms with Crippen LogP contribution in [0.5, 0.6) is 0 Å². The molecule has 0 spiro atoms. The van der Waals surface area contributed by atoms with Crippen molar-refractivity contribution in [2.24, 2.45) is 12.8 Å². The first kappa shape index (κ1) is 12.1. The van der Waals surface area contributed by atoms with Gasteiger partial charge in [-0.3, -0.25) is 0 Å². The third-order valence-corrected chi connectivity index (χ3v) is 3.37. The number of imidazole rings is 1. The second kappa shape index (κ2) is 4.51. The van der Waals surface area contributed by atoms with Crippen LogP contribution in [0.15, 0.2) is 18.2 Å². The van der Waals surface area contributed by atoms with Crippen LogP contribution in [-0.2, 0) is 13.6 Å². The molecule has 1 heterocycles. The molecule has 0 aliphatic rings. The Bertz CT molecular complexity index is 558. The highest BCUT2D eigenvalue weighted by Gasteiger charge is 2.15. The third kappa shape index (κ3) is 2.08. The highest BCUT2D eigenvalue weighted by atomic mass is 35.5. The minimum absolute atomic E-state index is 0.390. The Hall–Kier alpha value is -1.32. The molecular weight excluding hydrogens is 234 g/mol. The number of rotatable bonds is 2. The Morgan fingerprint density at radius 1 is 1.35 bits per heavy atom. The van der Waals surface area contributed by atoms with Crippen molar-refractivity contribution in [3.8, 4) is 11.3 Å². The van der Waals surface area contributed by atoms with Crippen molar-refractivity contribution in [1.29, 1.82) is 0 Å². The first-order chi connectivity index (χ1) is 8.04. The van der Waals surface area contributed by atoms with Crippen molar-refractivity contribution in [2.45, 2.75) is 20.4 Å². The van der Waals surface area contributed by atoms with Gasteiger partial charge < -0.3 is 10.3 Å². The molecule has 2 rings (SSSR count). The van der Waals surface area contributed by atoms with Gasteiger partial charge in [0, 0.05) is 12.6 Å². The van der Waals surface area contributed by atoms with Gasteiger partial charge in [-0.1, -0.05) is 35.4 Å². The SMILES string of the molecule is Cc1ccc(-c2nc(CN)n(C)c2Cl)c(C)c1. The fourth-order valence-electron chi connectivity index (χ4n) is 1.96. The molecule has 0 bridgehead atoms. The van der Waals surface area contributed by atoms with E-state index in [1.807, 2.05) is 11.6 Å². The summed E-state index contributed by atoms with van der Waals surface area (Å²) >= 11 is 6.28. The van der Waals surface area contributed by atoms with Gasteiger partial charge in [0.15, 0.2) is 0 Å². The van der Waals surface area contributed by atoms with Crippen molar-refractivity contribution in [2.75, 3.05) is 0 Å². The molecule has 4 heteroatoms. The molecule has 2 aromatic rings. The number of nitrogens with zero attached hydrogens (tertiary/aromatic N) is 2. The summed E-state index contributed by atoms with van der Waals surface area (Å²) < 4.78 is 1.83. The lowest BCUT2D eigenvalue weighted by Gasteiger charge is -2.04. The van der Waals surface area contributed by atoms with Crippen molar-refractivity contribution < 1.29 is 0 Å². The van der Waals surface area contributed by atoms with Gasteiger partial charge in [0.2, 0.25) is 0 Å². The second-order valence-electron chi connectivity index (χ2n) is 4.25. The van der Waals surface area contributed by atoms with Crippen molar-refractivity contribution in [3.05, 3.63) is 40.3 Å². The molecule has 3 nitrogen and oxygen atoms in total. The molecule has 0 fully saturated rings. The number of hydrogen-bond acceptors (Lipinski definition) is 2. The first-order valence-corrected chi connectivity index (χ1v) is 5.91. The minimum Gasteiger partial charge on any atom is -0.324 e. The summed E-state index contributed by atoms with van der Waals surface area (Å²) in [4.78, 5) is 4.49. The van der Waals surface area contributed by atoms with E-state index in [1.54, 1.807) is 0 Å². The van der Waals surface area contributed by atoms with Gasteiger partial charge in [-0.05, 0) is 19.4 Å². The zero-order chi connectivity index (χ0) is 12.6. The molecule has 90 valence electrons. The van der Waals surface area contributed by atoms with Gasteiger partial charge in [0.05, 0.1) is 6.54 Å². The number of benzene rings is 1. The van der Waals surface area contributed by atoms with E-state index < -0.39 is 0 Å². The lowest BCUT2D eigenvalue weighted by molar-refractivity contribution is 0.794. The minimum atomic E-state index is 0.390. The monoisotopic (exact) mass is 249 g/mol. The Balaban J connectivity index is 2.60. The lowest BCUT2D eigenvalue weighted by Crippen LogP contribution is -2.04. The van der Waals surface area contributed by atoms with Crippen molar-refractivity contribution in [1.82, 2.24) is 9.55 Å². The van der Waals surface area contributed by atoms with Crippen LogP contribution >= 0.6 is 11.6 Å². The average molecular weight is 250 g/mol. The van der Waals surface area contributed by atoms with E-state index in [1.165, 1.54) is 11.1 Å². The van der Waals surface area contributed by atoms with E-state index in [9.17, 15) is 0 Å². The maximum atomic E-state index is 6.28. The topological polar surface area (TPSA) is 43.8 Å². The second-order valence-corrected chi connectivity index (χ2v) is 4.61. The van der Waals surface area contributed by atoms with E-state index >= 15 is 0 Å². The Morgan fingerprint density at radius 2 is 2.06 bits per heavy atom. The summed E-state index contributed by atoms with van der Waals surface area (Å²) in [6.45, 7) is 4.53. The molecule has 0 unspecified atom stereocenters. The number of nitrogens with two attached hydrogens (primary N) is 1. The average Bonchev–Trinajstić information content (AvgIpc) is 2.57. The van der Waals surface area contributed by atoms with Crippen LogP contribution in [0, 0.1) is 13.8 Å². The normalized spacial score (nSPS) is 10.9. The third-order valence-electron chi connectivity index (χ3n) is 2.94. The highest BCUT2D eigenvalue weighted by molar-refractivity contribution is 6.32. The van der Waals surface area contributed by atoms with Crippen LogP contribution in [-0.4, -0.2) is 9.55 Å². The Kier molecular flexibility index (Phi) is 3.22. The first-order valence-electron chi connectivity index (χ1n) is 5.53. The van der Waals surface area contributed by atoms with E-state index in [0.717, 1.165) is 17.1 Å². The zero-order valence-corrected chi connectivity index (χ0v) is 11.0. The number of hydrogen-bond donors (Lipinski definition) is 1. The molecule has 2 N–H and O–H groups in total. The van der Waals surface area contributed by atoms with Gasteiger partial charge in [-0.25, -0.2) is 4.98 Å². The van der Waals surface area contributed by atoms with Crippen LogP contribution < -0.4 is 5.73 Å². The predicted octanol–water partition coefficient (Wildman–Crippen LogP) is 2.82. The van der Waals surface area contributed by atoms with Crippen LogP contribution in [0.3, 0.4) is 0 Å². The lowest BCUT2D eigenvalue weighted by atomic mass is 10.0. The van der Waals surface area contributed by atoms with Crippen LogP contribution in [0.4, 0.5) is 0 Å². The van der Waals surface area contributed by atoms with Crippen LogP contribution in [0.1, 0.15) is 17.0 Å². The smallest absolute Gasteiger partial charge is 0.136 e. The molecule has 0 aliphatic heterocycles. The summed E-state index contributed by atoms with van der Waals surface area (Å²) in [5.41, 5.74) is 9.92. The number of aryl methyl sites for hydroxylation is 2. The maximum Gasteiger partial charge on any atom is 0.136 e. The highest BCUT2D eigenvalue weighted by Crippen LogP contribution is 2.30. The van der Waals surface area contributed by atoms with Gasteiger partial charge in [0.25, 0.3) is 0 Å². The van der Waals surface area contributed by atoms with Crippen LogP contribution in [0.2, 0.25) is 5.15 Å². The van der Waals surface area contributed by atoms with Crippen LogP contribution in [0.25, 0.3) is 11.3 Å². The largest absolute Gasteiger partial charge is 0.324 e. The summed E-state index contributed by atoms with van der Waals surface area (Å²) in [7, 11) is 1.88. The molecular formula is C13H16ClN3. The Morgan fingerprint density at radius 3 is 2.59 bits per heavy atom.